The standard InChI is InChI=1S/C16H29N5O3S/c17-10(15(18)23)5-3-4-8-19-13(22)7-2-1-6-12-14-11(9-25-12)20-16(24)21-14/h10-12,14H,1-9,17H2,(H2,18,23)(H,19,22)(H2,20,21,24)/p+1/t10-,11-,12-,14-/m0/s1. The molecule has 0 aliphatic carbocycles. The molecule has 4 atom stereocenters. The van der Waals surface area contributed by atoms with E-state index in [-0.39, 0.29) is 36.0 Å². The van der Waals surface area contributed by atoms with Gasteiger partial charge in [0.15, 0.2) is 6.04 Å². The van der Waals surface area contributed by atoms with E-state index in [1.807, 2.05) is 11.8 Å². The molecule has 2 aliphatic rings. The van der Waals surface area contributed by atoms with Crippen LogP contribution in [0.5, 0.6) is 0 Å². The first-order chi connectivity index (χ1) is 12.0. The summed E-state index contributed by atoms with van der Waals surface area (Å²) in [6.45, 7) is 0.629. The van der Waals surface area contributed by atoms with Gasteiger partial charge in [-0.05, 0) is 25.7 Å². The molecule has 0 aromatic carbocycles. The minimum Gasteiger partial charge on any atom is -0.365 e. The van der Waals surface area contributed by atoms with Gasteiger partial charge in [0, 0.05) is 30.4 Å². The highest BCUT2D eigenvalue weighted by Gasteiger charge is 2.42. The van der Waals surface area contributed by atoms with Crippen molar-refractivity contribution < 1.29 is 20.1 Å². The van der Waals surface area contributed by atoms with Gasteiger partial charge in [-0.2, -0.15) is 11.8 Å². The monoisotopic (exact) mass is 372 g/mol. The maximum atomic E-state index is 11.8. The molecule has 2 rings (SSSR count). The number of carbonyl (C=O) groups excluding carboxylic acids is 3. The lowest BCUT2D eigenvalue weighted by Gasteiger charge is -2.16. The molecule has 2 aliphatic heterocycles. The zero-order valence-corrected chi connectivity index (χ0v) is 15.4. The number of carbonyl (C=O) groups is 3. The van der Waals surface area contributed by atoms with E-state index in [1.165, 1.54) is 0 Å². The normalized spacial score (nSPS) is 25.8. The Morgan fingerprint density at radius 3 is 2.84 bits per heavy atom. The smallest absolute Gasteiger partial charge is 0.315 e. The number of quaternary nitrogens is 1. The summed E-state index contributed by atoms with van der Waals surface area (Å²) in [5.41, 5.74) is 8.84. The third-order valence-corrected chi connectivity index (χ3v) is 6.29. The van der Waals surface area contributed by atoms with Crippen molar-refractivity contribution in [2.75, 3.05) is 12.3 Å². The highest BCUT2D eigenvalue weighted by Crippen LogP contribution is 2.33. The summed E-state index contributed by atoms with van der Waals surface area (Å²) in [5, 5.41) is 9.28. The van der Waals surface area contributed by atoms with E-state index in [2.05, 4.69) is 21.7 Å². The second kappa shape index (κ2) is 9.86. The largest absolute Gasteiger partial charge is 0.365 e. The maximum absolute atomic E-state index is 11.8. The molecule has 0 saturated carbocycles. The molecule has 0 aromatic rings. The Balaban J connectivity index is 1.46. The number of unbranched alkanes of at least 4 members (excludes halogenated alkanes) is 2. The Hall–Kier alpha value is -1.48. The van der Waals surface area contributed by atoms with Crippen molar-refractivity contribution in [2.45, 2.75) is 68.3 Å². The first kappa shape index (κ1) is 19.8. The van der Waals surface area contributed by atoms with Gasteiger partial charge < -0.3 is 27.4 Å². The molecule has 0 aromatic heterocycles. The Labute approximate surface area is 152 Å². The minimum atomic E-state index is -0.372. The predicted octanol–water partition coefficient (Wildman–Crippen LogP) is -0.905. The molecule has 4 amide bonds. The third-order valence-electron chi connectivity index (χ3n) is 4.78. The van der Waals surface area contributed by atoms with Crippen LogP contribution in [-0.2, 0) is 9.59 Å². The first-order valence-corrected chi connectivity index (χ1v) is 10.1. The molecule has 0 spiro atoms. The Morgan fingerprint density at radius 2 is 2.08 bits per heavy atom. The molecular formula is C16H30N5O3S+. The summed E-state index contributed by atoms with van der Waals surface area (Å²) in [6, 6.07) is 0.103. The van der Waals surface area contributed by atoms with Gasteiger partial charge in [-0.15, -0.1) is 0 Å². The number of nitrogens with two attached hydrogens (primary N) is 1. The fraction of sp³-hybridized carbons (Fsp3) is 0.812. The van der Waals surface area contributed by atoms with Crippen molar-refractivity contribution in [1.82, 2.24) is 16.0 Å². The van der Waals surface area contributed by atoms with Crippen LogP contribution in [0.4, 0.5) is 4.79 Å². The average Bonchev–Trinajstić information content (AvgIpc) is 3.10. The van der Waals surface area contributed by atoms with Crippen LogP contribution in [0.15, 0.2) is 0 Å². The molecular weight excluding hydrogens is 342 g/mol. The number of hydrogen-bond acceptors (Lipinski definition) is 4. The minimum absolute atomic E-state index is 0.0549. The predicted molar refractivity (Wildman–Crippen MR) is 96.7 cm³/mol. The van der Waals surface area contributed by atoms with Crippen LogP contribution in [0.25, 0.3) is 0 Å². The fourth-order valence-electron chi connectivity index (χ4n) is 3.25. The van der Waals surface area contributed by atoms with Crippen molar-refractivity contribution in [1.29, 1.82) is 0 Å². The molecule has 8 nitrogen and oxygen atoms in total. The topological polar surface area (TPSA) is 141 Å². The molecule has 25 heavy (non-hydrogen) atoms. The van der Waals surface area contributed by atoms with E-state index >= 15 is 0 Å². The van der Waals surface area contributed by atoms with Crippen LogP contribution in [0, 0.1) is 0 Å². The second-order valence-electron chi connectivity index (χ2n) is 6.81. The van der Waals surface area contributed by atoms with Gasteiger partial charge >= 0.3 is 6.03 Å². The van der Waals surface area contributed by atoms with E-state index in [9.17, 15) is 14.4 Å². The summed E-state index contributed by atoms with van der Waals surface area (Å²) in [6.07, 6.45) is 5.75. The number of rotatable bonds is 11. The highest BCUT2D eigenvalue weighted by atomic mass is 32.2. The van der Waals surface area contributed by atoms with Gasteiger partial charge in [-0.25, -0.2) is 4.79 Å². The number of amides is 4. The van der Waals surface area contributed by atoms with Crippen LogP contribution >= 0.6 is 11.8 Å². The van der Waals surface area contributed by atoms with E-state index in [0.29, 0.717) is 24.6 Å². The molecule has 0 unspecified atom stereocenters. The van der Waals surface area contributed by atoms with Crippen LogP contribution in [0.1, 0.15) is 44.9 Å². The zero-order chi connectivity index (χ0) is 18.2. The molecule has 0 bridgehead atoms. The lowest BCUT2D eigenvalue weighted by atomic mass is 10.0. The molecule has 142 valence electrons. The van der Waals surface area contributed by atoms with Gasteiger partial charge in [0.1, 0.15) is 0 Å². The SMILES string of the molecule is NC(=O)[C@@H]([NH3+])CCCCNC(=O)CCCC[C@@H]1SC[C@@H]2NC(=O)N[C@@H]21. The van der Waals surface area contributed by atoms with Gasteiger partial charge in [0.2, 0.25) is 5.91 Å². The molecule has 9 heteroatoms. The number of thioether (sulfide) groups is 1. The number of nitrogens with one attached hydrogen (secondary N) is 3. The lowest BCUT2D eigenvalue weighted by molar-refractivity contribution is -0.404. The van der Waals surface area contributed by atoms with Gasteiger partial charge in [-0.3, -0.25) is 9.59 Å². The van der Waals surface area contributed by atoms with Crippen molar-refractivity contribution in [3.05, 3.63) is 0 Å². The molecule has 2 heterocycles. The van der Waals surface area contributed by atoms with Crippen molar-refractivity contribution in [2.24, 2.45) is 5.73 Å². The number of urea groups is 1. The summed E-state index contributed by atoms with van der Waals surface area (Å²) in [4.78, 5) is 34.0. The molecule has 0 radical (unpaired) electrons. The molecule has 2 fully saturated rings. The van der Waals surface area contributed by atoms with Crippen LogP contribution in [0.2, 0.25) is 0 Å². The fourth-order valence-corrected chi connectivity index (χ4v) is 4.79. The first-order valence-electron chi connectivity index (χ1n) is 9.05. The quantitative estimate of drug-likeness (QED) is 0.237. The van der Waals surface area contributed by atoms with Crippen LogP contribution in [-0.4, -0.2) is 53.5 Å². The summed E-state index contributed by atoms with van der Waals surface area (Å²) in [7, 11) is 0. The van der Waals surface area contributed by atoms with Gasteiger partial charge in [-0.1, -0.05) is 6.42 Å². The second-order valence-corrected chi connectivity index (χ2v) is 8.08. The Bertz CT molecular complexity index is 490. The average molecular weight is 373 g/mol. The third kappa shape index (κ3) is 6.39. The van der Waals surface area contributed by atoms with Crippen molar-refractivity contribution in [3.8, 4) is 0 Å². The van der Waals surface area contributed by atoms with Crippen LogP contribution < -0.4 is 27.4 Å². The lowest BCUT2D eigenvalue weighted by Crippen LogP contribution is -2.66. The molecule has 8 N–H and O–H groups in total. The van der Waals surface area contributed by atoms with Crippen molar-refractivity contribution in [3.63, 3.8) is 0 Å². The van der Waals surface area contributed by atoms with E-state index < -0.39 is 0 Å². The number of hydrogen-bond donors (Lipinski definition) is 5. The van der Waals surface area contributed by atoms with Crippen molar-refractivity contribution >= 4 is 29.6 Å². The summed E-state index contributed by atoms with van der Waals surface area (Å²) in [5.74, 6) is 0.677. The highest BCUT2D eigenvalue weighted by molar-refractivity contribution is 8.00. The van der Waals surface area contributed by atoms with Crippen LogP contribution in [0.3, 0.4) is 0 Å². The van der Waals surface area contributed by atoms with E-state index in [4.69, 9.17) is 5.73 Å². The number of fused-ring (bicyclic) bond motifs is 1. The Kier molecular flexibility index (Phi) is 7.83. The molecule has 2 saturated heterocycles. The maximum Gasteiger partial charge on any atom is 0.315 e. The number of primary amides is 1. The Morgan fingerprint density at radius 1 is 1.28 bits per heavy atom. The van der Waals surface area contributed by atoms with E-state index in [0.717, 1.165) is 37.9 Å². The van der Waals surface area contributed by atoms with Gasteiger partial charge in [0.05, 0.1) is 12.1 Å². The zero-order valence-electron chi connectivity index (χ0n) is 14.6. The summed E-state index contributed by atoms with van der Waals surface area (Å²) >= 11 is 1.90. The van der Waals surface area contributed by atoms with Gasteiger partial charge in [0.25, 0.3) is 5.91 Å². The van der Waals surface area contributed by atoms with E-state index in [1.54, 1.807) is 0 Å². The summed E-state index contributed by atoms with van der Waals surface area (Å²) < 4.78 is 0.